The number of nitrogens with one attached hydrogen (secondary N) is 2. The maximum atomic E-state index is 11.7. The Hall–Kier alpha value is -0.730. The first-order valence-electron chi connectivity index (χ1n) is 6.24. The summed E-state index contributed by atoms with van der Waals surface area (Å²) in [5, 5.41) is 2.88. The van der Waals surface area contributed by atoms with E-state index in [0.29, 0.717) is 25.0 Å². The van der Waals surface area contributed by atoms with E-state index in [2.05, 4.69) is 35.9 Å². The fraction of sp³-hybridized carbons (Fsp3) is 0.636. The minimum Gasteiger partial charge on any atom is -0.353 e. The number of hydrogen-bond acceptors (Lipinski definition) is 5. The number of halogens is 1. The van der Waals surface area contributed by atoms with Crippen molar-refractivity contribution in [3.05, 3.63) is 16.9 Å². The quantitative estimate of drug-likeness (QED) is 0.777. The van der Waals surface area contributed by atoms with Gasteiger partial charge in [-0.1, -0.05) is 6.42 Å². The van der Waals surface area contributed by atoms with Gasteiger partial charge in [-0.2, -0.15) is 0 Å². The van der Waals surface area contributed by atoms with Gasteiger partial charge in [-0.05, 0) is 34.7 Å². The number of aromatic nitrogens is 2. The minimum absolute atomic E-state index is 0.0269. The first kappa shape index (κ1) is 14.7. The van der Waals surface area contributed by atoms with Gasteiger partial charge in [0, 0.05) is 25.5 Å². The van der Waals surface area contributed by atoms with Crippen LogP contribution in [0.5, 0.6) is 0 Å². The van der Waals surface area contributed by atoms with Crippen molar-refractivity contribution in [1.29, 1.82) is 0 Å². The number of anilines is 1. The van der Waals surface area contributed by atoms with E-state index < -0.39 is 10.0 Å². The lowest BCUT2D eigenvalue weighted by Gasteiger charge is -2.25. The molecule has 1 aliphatic rings. The molecule has 0 atom stereocenters. The molecule has 1 heterocycles. The molecule has 0 radical (unpaired) electrons. The molecule has 106 valence electrons. The van der Waals surface area contributed by atoms with Gasteiger partial charge in [-0.25, -0.2) is 23.1 Å². The van der Waals surface area contributed by atoms with Crippen LogP contribution in [0.2, 0.25) is 0 Å². The van der Waals surface area contributed by atoms with Crippen molar-refractivity contribution >= 4 is 31.9 Å². The van der Waals surface area contributed by atoms with E-state index in [1.807, 2.05) is 0 Å². The fourth-order valence-electron chi connectivity index (χ4n) is 1.71. The van der Waals surface area contributed by atoms with Crippen LogP contribution in [-0.2, 0) is 10.0 Å². The second kappa shape index (κ2) is 6.62. The van der Waals surface area contributed by atoms with E-state index in [9.17, 15) is 8.42 Å². The predicted octanol–water partition coefficient (Wildman–Crippen LogP) is 1.37. The van der Waals surface area contributed by atoms with E-state index in [1.54, 1.807) is 12.4 Å². The Labute approximate surface area is 121 Å². The second-order valence-corrected chi connectivity index (χ2v) is 7.46. The zero-order valence-electron chi connectivity index (χ0n) is 10.5. The Morgan fingerprint density at radius 3 is 2.58 bits per heavy atom. The molecule has 0 aliphatic heterocycles. The summed E-state index contributed by atoms with van der Waals surface area (Å²) in [7, 11) is -3.21. The van der Waals surface area contributed by atoms with Gasteiger partial charge < -0.3 is 5.32 Å². The molecule has 0 unspecified atom stereocenters. The van der Waals surface area contributed by atoms with E-state index in [4.69, 9.17) is 0 Å². The lowest BCUT2D eigenvalue weighted by molar-refractivity contribution is 0.316. The lowest BCUT2D eigenvalue weighted by atomic mass is 9.86. The van der Waals surface area contributed by atoms with Gasteiger partial charge in [-0.15, -0.1) is 0 Å². The fourth-order valence-corrected chi connectivity index (χ4v) is 2.92. The predicted molar refractivity (Wildman–Crippen MR) is 77.4 cm³/mol. The molecule has 1 saturated carbocycles. The minimum atomic E-state index is -3.21. The van der Waals surface area contributed by atoms with Crippen molar-refractivity contribution in [2.24, 2.45) is 5.92 Å². The van der Waals surface area contributed by atoms with Gasteiger partial charge in [0.15, 0.2) is 0 Å². The first-order chi connectivity index (χ1) is 9.05. The average molecular weight is 349 g/mol. The monoisotopic (exact) mass is 348 g/mol. The third-order valence-electron chi connectivity index (χ3n) is 3.09. The summed E-state index contributed by atoms with van der Waals surface area (Å²) >= 11 is 3.23. The largest absolute Gasteiger partial charge is 0.353 e. The molecule has 6 nitrogen and oxygen atoms in total. The first-order valence-corrected chi connectivity index (χ1v) is 8.68. The number of nitrogens with zero attached hydrogens (tertiary/aromatic N) is 2. The Bertz CT molecular complexity index is 502. The van der Waals surface area contributed by atoms with Crippen LogP contribution >= 0.6 is 15.9 Å². The highest BCUT2D eigenvalue weighted by atomic mass is 79.9. The van der Waals surface area contributed by atoms with E-state index in [-0.39, 0.29) is 5.75 Å². The van der Waals surface area contributed by atoms with Crippen LogP contribution in [0.25, 0.3) is 0 Å². The third-order valence-corrected chi connectivity index (χ3v) is 4.85. The average Bonchev–Trinajstić information content (AvgIpc) is 2.29. The van der Waals surface area contributed by atoms with Crippen LogP contribution in [0.1, 0.15) is 19.3 Å². The zero-order valence-corrected chi connectivity index (χ0v) is 12.9. The van der Waals surface area contributed by atoms with Gasteiger partial charge in [-0.3, -0.25) is 0 Å². The highest BCUT2D eigenvalue weighted by molar-refractivity contribution is 9.10. The number of hydrogen-bond donors (Lipinski definition) is 2. The molecular weight excluding hydrogens is 332 g/mol. The highest BCUT2D eigenvalue weighted by Gasteiger charge is 2.19. The second-order valence-electron chi connectivity index (χ2n) is 4.62. The molecule has 0 amide bonds. The Morgan fingerprint density at radius 2 is 2.00 bits per heavy atom. The summed E-state index contributed by atoms with van der Waals surface area (Å²) in [6.45, 7) is 0.860. The van der Waals surface area contributed by atoms with E-state index in [0.717, 1.165) is 17.3 Å². The van der Waals surface area contributed by atoms with Gasteiger partial charge in [0.2, 0.25) is 16.0 Å². The SMILES string of the molecule is O=S(=O)(CCNc1ncc(Br)cn1)NCC1CCC1. The van der Waals surface area contributed by atoms with Crippen LogP contribution in [-0.4, -0.2) is 37.2 Å². The number of sulfonamides is 1. The van der Waals surface area contributed by atoms with Crippen LogP contribution in [0.3, 0.4) is 0 Å². The molecular formula is C11H17BrN4O2S. The van der Waals surface area contributed by atoms with Gasteiger partial charge in [0.25, 0.3) is 0 Å². The molecule has 2 rings (SSSR count). The van der Waals surface area contributed by atoms with Crippen molar-refractivity contribution in [1.82, 2.24) is 14.7 Å². The molecule has 19 heavy (non-hydrogen) atoms. The molecule has 2 N–H and O–H groups in total. The van der Waals surface area contributed by atoms with Gasteiger partial charge >= 0.3 is 0 Å². The van der Waals surface area contributed by atoms with Crippen LogP contribution < -0.4 is 10.0 Å². The molecule has 8 heteroatoms. The number of rotatable bonds is 7. The summed E-state index contributed by atoms with van der Waals surface area (Å²) in [5.74, 6) is 0.981. The van der Waals surface area contributed by atoms with E-state index >= 15 is 0 Å². The topological polar surface area (TPSA) is 84.0 Å². The molecule has 0 spiro atoms. The lowest BCUT2D eigenvalue weighted by Crippen LogP contribution is -2.35. The summed E-state index contributed by atoms with van der Waals surface area (Å²) in [4.78, 5) is 8.02. The molecule has 1 fully saturated rings. The Morgan fingerprint density at radius 1 is 1.32 bits per heavy atom. The molecule has 0 bridgehead atoms. The van der Waals surface area contributed by atoms with Crippen LogP contribution in [0, 0.1) is 5.92 Å². The summed E-state index contributed by atoms with van der Waals surface area (Å²) < 4.78 is 26.9. The van der Waals surface area contributed by atoms with Crippen molar-refractivity contribution < 1.29 is 8.42 Å². The van der Waals surface area contributed by atoms with Crippen molar-refractivity contribution in [2.75, 3.05) is 24.2 Å². The van der Waals surface area contributed by atoms with E-state index in [1.165, 1.54) is 6.42 Å². The summed E-state index contributed by atoms with van der Waals surface area (Å²) in [6, 6.07) is 0. The maximum absolute atomic E-state index is 11.7. The zero-order chi connectivity index (χ0) is 13.7. The molecule has 1 aliphatic carbocycles. The van der Waals surface area contributed by atoms with Gasteiger partial charge in [0.1, 0.15) is 0 Å². The molecule has 1 aromatic rings. The van der Waals surface area contributed by atoms with Crippen LogP contribution in [0.15, 0.2) is 16.9 Å². The standard InChI is InChI=1S/C11H17BrN4O2S/c12-10-7-14-11(15-8-10)13-4-5-19(17,18)16-6-9-2-1-3-9/h7-9,16H,1-6H2,(H,13,14,15). The highest BCUT2D eigenvalue weighted by Crippen LogP contribution is 2.25. The summed E-state index contributed by atoms with van der Waals surface area (Å²) in [5.41, 5.74) is 0. The van der Waals surface area contributed by atoms with Gasteiger partial charge in [0.05, 0.1) is 10.2 Å². The Kier molecular flexibility index (Phi) is 5.12. The molecule has 0 saturated heterocycles. The Balaban J connectivity index is 1.69. The van der Waals surface area contributed by atoms with Crippen molar-refractivity contribution in [2.45, 2.75) is 19.3 Å². The smallest absolute Gasteiger partial charge is 0.222 e. The molecule has 0 aromatic carbocycles. The third kappa shape index (κ3) is 5.04. The molecule has 1 aromatic heterocycles. The van der Waals surface area contributed by atoms with Crippen molar-refractivity contribution in [3.8, 4) is 0 Å². The summed E-state index contributed by atoms with van der Waals surface area (Å²) in [6.07, 6.45) is 6.70. The van der Waals surface area contributed by atoms with Crippen molar-refractivity contribution in [3.63, 3.8) is 0 Å². The normalized spacial score (nSPS) is 16.1. The maximum Gasteiger partial charge on any atom is 0.222 e. The van der Waals surface area contributed by atoms with Crippen LogP contribution in [0.4, 0.5) is 5.95 Å².